The summed E-state index contributed by atoms with van der Waals surface area (Å²) in [6.07, 6.45) is 1.74. The molecule has 3 aromatic carbocycles. The molecule has 8 heteroatoms. The number of phenols is 2. The Kier molecular flexibility index (Phi) is 5.73. The summed E-state index contributed by atoms with van der Waals surface area (Å²) in [7, 11) is 0. The monoisotopic (exact) mass is 468 g/mol. The fraction of sp³-hybridized carbons (Fsp3) is 0.0769. The molecule has 34 heavy (non-hydrogen) atoms. The molecule has 0 saturated heterocycles. The Morgan fingerprint density at radius 2 is 1.53 bits per heavy atom. The van der Waals surface area contributed by atoms with Gasteiger partial charge >= 0.3 is 0 Å². The molecule has 168 valence electrons. The van der Waals surface area contributed by atoms with Crippen LogP contribution in [-0.4, -0.2) is 41.9 Å². The predicted octanol–water partition coefficient (Wildman–Crippen LogP) is 5.38. The van der Waals surface area contributed by atoms with Gasteiger partial charge in [0.15, 0.2) is 5.78 Å². The first-order valence-electron chi connectivity index (χ1n) is 10.6. The summed E-state index contributed by atoms with van der Waals surface area (Å²) in [5, 5.41) is 29.2. The van der Waals surface area contributed by atoms with E-state index in [0.717, 1.165) is 27.6 Å². The SMILES string of the molecule is Cc1ccc2[nH]cc(C(=O)CSc3nnc(-c4ccc(O)cc4)c(-c4ccc(O)cc4)n3)c2c1. The molecule has 0 bridgehead atoms. The Hall–Kier alpha value is -4.17. The van der Waals surface area contributed by atoms with Crippen molar-refractivity contribution in [1.82, 2.24) is 20.2 Å². The molecule has 0 radical (unpaired) electrons. The molecule has 0 saturated carbocycles. The van der Waals surface area contributed by atoms with Crippen LogP contribution in [0.4, 0.5) is 0 Å². The average molecular weight is 469 g/mol. The van der Waals surface area contributed by atoms with Crippen LogP contribution in [0.3, 0.4) is 0 Å². The zero-order valence-corrected chi connectivity index (χ0v) is 19.0. The van der Waals surface area contributed by atoms with Crippen LogP contribution in [0.25, 0.3) is 33.4 Å². The molecule has 0 aliphatic carbocycles. The number of carbonyl (C=O) groups excluding carboxylic acids is 1. The van der Waals surface area contributed by atoms with Gasteiger partial charge in [0, 0.05) is 33.8 Å². The highest BCUT2D eigenvalue weighted by Gasteiger charge is 2.17. The number of rotatable bonds is 6. The number of ketones is 1. The molecule has 7 nitrogen and oxygen atoms in total. The molecule has 0 fully saturated rings. The summed E-state index contributed by atoms with van der Waals surface area (Å²) in [6.45, 7) is 2.00. The lowest BCUT2D eigenvalue weighted by molar-refractivity contribution is 0.102. The minimum Gasteiger partial charge on any atom is -0.508 e. The Balaban J connectivity index is 1.45. The minimum absolute atomic E-state index is 0.0285. The van der Waals surface area contributed by atoms with Crippen LogP contribution in [0.15, 0.2) is 78.1 Å². The Morgan fingerprint density at radius 3 is 2.21 bits per heavy atom. The van der Waals surface area contributed by atoms with E-state index in [-0.39, 0.29) is 23.0 Å². The zero-order valence-electron chi connectivity index (χ0n) is 18.2. The first-order chi connectivity index (χ1) is 16.5. The van der Waals surface area contributed by atoms with E-state index >= 15 is 0 Å². The smallest absolute Gasteiger partial charge is 0.210 e. The maximum atomic E-state index is 12.9. The van der Waals surface area contributed by atoms with Crippen LogP contribution in [0.1, 0.15) is 15.9 Å². The van der Waals surface area contributed by atoms with E-state index in [1.54, 1.807) is 54.7 Å². The molecule has 2 heterocycles. The van der Waals surface area contributed by atoms with E-state index in [4.69, 9.17) is 0 Å². The highest BCUT2D eigenvalue weighted by Crippen LogP contribution is 2.32. The number of benzene rings is 3. The number of hydrogen-bond donors (Lipinski definition) is 3. The second kappa shape index (κ2) is 8.99. The van der Waals surface area contributed by atoms with E-state index in [2.05, 4.69) is 20.2 Å². The Bertz CT molecular complexity index is 1500. The summed E-state index contributed by atoms with van der Waals surface area (Å²) in [5.41, 5.74) is 5.23. The van der Waals surface area contributed by atoms with Gasteiger partial charge in [-0.1, -0.05) is 23.4 Å². The molecule has 2 aromatic heterocycles. The minimum atomic E-state index is -0.0285. The number of fused-ring (bicyclic) bond motifs is 1. The van der Waals surface area contributed by atoms with Crippen LogP contribution < -0.4 is 0 Å². The number of nitrogens with zero attached hydrogens (tertiary/aromatic N) is 3. The number of Topliss-reactive ketones (excluding diaryl/α,β-unsaturated/α-hetero) is 1. The van der Waals surface area contributed by atoms with Gasteiger partial charge < -0.3 is 15.2 Å². The largest absolute Gasteiger partial charge is 0.508 e. The number of phenolic OH excluding ortho intramolecular Hbond substituents is 2. The summed E-state index contributed by atoms with van der Waals surface area (Å²) < 4.78 is 0. The Morgan fingerprint density at radius 1 is 0.882 bits per heavy atom. The number of thioether (sulfide) groups is 1. The number of hydrogen-bond acceptors (Lipinski definition) is 7. The fourth-order valence-electron chi connectivity index (χ4n) is 3.68. The van der Waals surface area contributed by atoms with Crippen LogP contribution in [0.2, 0.25) is 0 Å². The average Bonchev–Trinajstić information content (AvgIpc) is 3.27. The van der Waals surface area contributed by atoms with Gasteiger partial charge in [-0.2, -0.15) is 0 Å². The molecule has 0 aliphatic heterocycles. The fourth-order valence-corrected chi connectivity index (χ4v) is 4.35. The number of H-pyrrole nitrogens is 1. The highest BCUT2D eigenvalue weighted by atomic mass is 32.2. The van der Waals surface area contributed by atoms with Crippen molar-refractivity contribution in [1.29, 1.82) is 0 Å². The lowest BCUT2D eigenvalue weighted by atomic mass is 10.0. The van der Waals surface area contributed by atoms with E-state index in [1.165, 1.54) is 11.8 Å². The van der Waals surface area contributed by atoms with Crippen molar-refractivity contribution < 1.29 is 15.0 Å². The quantitative estimate of drug-likeness (QED) is 0.226. The van der Waals surface area contributed by atoms with E-state index in [9.17, 15) is 15.0 Å². The molecule has 3 N–H and O–H groups in total. The number of nitrogens with one attached hydrogen (secondary N) is 1. The van der Waals surface area contributed by atoms with Crippen LogP contribution in [0, 0.1) is 6.92 Å². The molecule has 0 aliphatic rings. The number of aromatic amines is 1. The third-order valence-electron chi connectivity index (χ3n) is 5.42. The van der Waals surface area contributed by atoms with Gasteiger partial charge in [-0.15, -0.1) is 10.2 Å². The van der Waals surface area contributed by atoms with Crippen molar-refractivity contribution in [3.05, 3.63) is 84.1 Å². The first kappa shape index (κ1) is 21.7. The number of aryl methyl sites for hydroxylation is 1. The first-order valence-corrected chi connectivity index (χ1v) is 11.5. The number of aromatic nitrogens is 4. The summed E-state index contributed by atoms with van der Waals surface area (Å²) >= 11 is 1.22. The van der Waals surface area contributed by atoms with Crippen LogP contribution in [0.5, 0.6) is 11.5 Å². The van der Waals surface area contributed by atoms with Crippen molar-refractivity contribution >= 4 is 28.4 Å². The maximum absolute atomic E-state index is 12.9. The molecule has 0 spiro atoms. The highest BCUT2D eigenvalue weighted by molar-refractivity contribution is 7.99. The van der Waals surface area contributed by atoms with Crippen molar-refractivity contribution in [3.63, 3.8) is 0 Å². The van der Waals surface area contributed by atoms with E-state index in [1.807, 2.05) is 25.1 Å². The lowest BCUT2D eigenvalue weighted by Gasteiger charge is -2.10. The second-order valence-corrected chi connectivity index (χ2v) is 8.79. The van der Waals surface area contributed by atoms with Crippen LogP contribution in [-0.2, 0) is 0 Å². The topological polar surface area (TPSA) is 112 Å². The van der Waals surface area contributed by atoms with Gasteiger partial charge in [-0.05, 0) is 67.6 Å². The molecule has 0 atom stereocenters. The van der Waals surface area contributed by atoms with Gasteiger partial charge in [0.1, 0.15) is 22.9 Å². The van der Waals surface area contributed by atoms with Gasteiger partial charge in [-0.3, -0.25) is 4.79 Å². The molecular formula is C26H20N4O3S. The molecular weight excluding hydrogens is 448 g/mol. The van der Waals surface area contributed by atoms with E-state index in [0.29, 0.717) is 22.1 Å². The van der Waals surface area contributed by atoms with Crippen molar-refractivity contribution in [3.8, 4) is 34.0 Å². The van der Waals surface area contributed by atoms with E-state index < -0.39 is 0 Å². The summed E-state index contributed by atoms with van der Waals surface area (Å²) in [5.74, 6) is 0.426. The third kappa shape index (κ3) is 4.35. The van der Waals surface area contributed by atoms with Crippen molar-refractivity contribution in [2.75, 3.05) is 5.75 Å². The van der Waals surface area contributed by atoms with Crippen LogP contribution >= 0.6 is 11.8 Å². The maximum Gasteiger partial charge on any atom is 0.210 e. The van der Waals surface area contributed by atoms with Gasteiger partial charge in [0.25, 0.3) is 0 Å². The lowest BCUT2D eigenvalue weighted by Crippen LogP contribution is -2.04. The molecule has 5 aromatic rings. The molecule has 0 unspecified atom stereocenters. The summed E-state index contributed by atoms with van der Waals surface area (Å²) in [4.78, 5) is 20.8. The number of carbonyl (C=O) groups is 1. The van der Waals surface area contributed by atoms with Crippen molar-refractivity contribution in [2.45, 2.75) is 12.1 Å². The van der Waals surface area contributed by atoms with Gasteiger partial charge in [-0.25, -0.2) is 4.98 Å². The summed E-state index contributed by atoms with van der Waals surface area (Å²) in [6, 6.07) is 19.2. The molecule has 5 rings (SSSR count). The zero-order chi connectivity index (χ0) is 23.7. The Labute approximate surface area is 199 Å². The predicted molar refractivity (Wildman–Crippen MR) is 132 cm³/mol. The van der Waals surface area contributed by atoms with Gasteiger partial charge in [0.05, 0.1) is 5.75 Å². The molecule has 0 amide bonds. The normalized spacial score (nSPS) is 11.1. The van der Waals surface area contributed by atoms with Gasteiger partial charge in [0.2, 0.25) is 5.16 Å². The van der Waals surface area contributed by atoms with Crippen molar-refractivity contribution in [2.24, 2.45) is 0 Å². The second-order valence-electron chi connectivity index (χ2n) is 7.85. The number of aromatic hydroxyl groups is 2. The standard InChI is InChI=1S/C26H20N4O3S/c1-15-2-11-22-20(12-15)21(13-27-22)23(33)14-34-26-28-24(16-3-7-18(31)8-4-16)25(29-30-26)17-5-9-19(32)10-6-17/h2-13,27,31-32H,14H2,1H3. The third-order valence-corrected chi connectivity index (χ3v) is 6.26.